The first kappa shape index (κ1) is 15.5. The van der Waals surface area contributed by atoms with Gasteiger partial charge >= 0.3 is 0 Å². The summed E-state index contributed by atoms with van der Waals surface area (Å²) in [4.78, 5) is 15.9. The second kappa shape index (κ2) is 7.25. The van der Waals surface area contributed by atoms with E-state index in [1.165, 1.54) is 12.1 Å². The van der Waals surface area contributed by atoms with Crippen LogP contribution in [0.25, 0.3) is 0 Å². The molecule has 1 aliphatic rings. The van der Waals surface area contributed by atoms with Crippen molar-refractivity contribution in [1.29, 1.82) is 0 Å². The van der Waals surface area contributed by atoms with Gasteiger partial charge in [-0.3, -0.25) is 4.79 Å². The molecule has 20 heavy (non-hydrogen) atoms. The van der Waals surface area contributed by atoms with Gasteiger partial charge in [0, 0.05) is 18.7 Å². The molecule has 1 heterocycles. The quantitative estimate of drug-likeness (QED) is 0.839. The monoisotopic (exact) mass is 316 g/mol. The highest BCUT2D eigenvalue weighted by Crippen LogP contribution is 2.29. The van der Waals surface area contributed by atoms with Crippen molar-refractivity contribution in [1.82, 2.24) is 10.3 Å². The van der Waals surface area contributed by atoms with Crippen LogP contribution in [-0.4, -0.2) is 29.1 Å². The Hall–Kier alpha value is -0.840. The first-order valence-corrected chi connectivity index (χ1v) is 7.58. The van der Waals surface area contributed by atoms with E-state index < -0.39 is 0 Å². The molecular weight excluding hydrogens is 299 g/mol. The fourth-order valence-corrected chi connectivity index (χ4v) is 3.18. The van der Waals surface area contributed by atoms with Gasteiger partial charge in [-0.25, -0.2) is 4.98 Å². The van der Waals surface area contributed by atoms with Crippen LogP contribution in [0.5, 0.6) is 0 Å². The molecule has 2 atom stereocenters. The minimum absolute atomic E-state index is 0.188. The van der Waals surface area contributed by atoms with Crippen LogP contribution in [0.4, 0.5) is 0 Å². The lowest BCUT2D eigenvalue weighted by atomic mass is 9.79. The van der Waals surface area contributed by atoms with Gasteiger partial charge in [0.15, 0.2) is 0 Å². The van der Waals surface area contributed by atoms with E-state index in [-0.39, 0.29) is 28.7 Å². The van der Waals surface area contributed by atoms with Crippen LogP contribution in [0, 0.1) is 11.8 Å². The highest BCUT2D eigenvalue weighted by Gasteiger charge is 2.24. The zero-order valence-corrected chi connectivity index (χ0v) is 12.6. The summed E-state index contributed by atoms with van der Waals surface area (Å²) in [5, 5.41) is 12.7. The second-order valence-electron chi connectivity index (χ2n) is 5.20. The number of carbonyl (C=O) groups is 1. The summed E-state index contributed by atoms with van der Waals surface area (Å²) >= 11 is 11.6. The summed E-state index contributed by atoms with van der Waals surface area (Å²) in [6, 6.07) is 2.99. The zero-order valence-electron chi connectivity index (χ0n) is 11.1. The van der Waals surface area contributed by atoms with Gasteiger partial charge in [-0.05, 0) is 36.8 Å². The van der Waals surface area contributed by atoms with Crippen molar-refractivity contribution in [3.63, 3.8) is 0 Å². The van der Waals surface area contributed by atoms with Crippen molar-refractivity contribution in [2.75, 3.05) is 13.2 Å². The molecular formula is C14H18Cl2N2O2. The Bertz CT molecular complexity index is 462. The molecule has 6 heteroatoms. The van der Waals surface area contributed by atoms with Gasteiger partial charge in [-0.1, -0.05) is 36.0 Å². The number of amides is 1. The Morgan fingerprint density at radius 1 is 1.25 bits per heavy atom. The van der Waals surface area contributed by atoms with Crippen LogP contribution in [-0.2, 0) is 0 Å². The number of nitrogens with one attached hydrogen (secondary N) is 1. The minimum atomic E-state index is -0.210. The average molecular weight is 317 g/mol. The fourth-order valence-electron chi connectivity index (χ4n) is 2.72. The number of nitrogens with zero attached hydrogens (tertiary/aromatic N) is 1. The molecule has 2 rings (SSSR count). The topological polar surface area (TPSA) is 62.2 Å². The lowest BCUT2D eigenvalue weighted by Gasteiger charge is -2.30. The summed E-state index contributed by atoms with van der Waals surface area (Å²) < 4.78 is 0. The number of aliphatic hydroxyl groups excluding tert-OH is 1. The fraction of sp³-hybridized carbons (Fsp3) is 0.571. The molecule has 2 N–H and O–H groups in total. The van der Waals surface area contributed by atoms with Gasteiger partial charge in [0.2, 0.25) is 0 Å². The number of aliphatic hydroxyl groups is 1. The SMILES string of the molecule is O=C(NCC1CCCCC1CO)c1cc(Cl)nc(Cl)c1. The number of halogens is 2. The number of hydrogen-bond acceptors (Lipinski definition) is 3. The summed E-state index contributed by atoms with van der Waals surface area (Å²) in [6.45, 7) is 0.759. The van der Waals surface area contributed by atoms with Gasteiger partial charge < -0.3 is 10.4 Å². The maximum absolute atomic E-state index is 12.1. The molecule has 1 amide bonds. The van der Waals surface area contributed by atoms with Gasteiger partial charge in [0.05, 0.1) is 0 Å². The normalized spacial score (nSPS) is 22.6. The Morgan fingerprint density at radius 2 is 1.85 bits per heavy atom. The summed E-state index contributed by atoms with van der Waals surface area (Å²) in [7, 11) is 0. The number of pyridine rings is 1. The molecule has 0 saturated heterocycles. The third kappa shape index (κ3) is 4.08. The van der Waals surface area contributed by atoms with Crippen LogP contribution in [0.1, 0.15) is 36.0 Å². The number of carbonyl (C=O) groups excluding carboxylic acids is 1. The number of rotatable bonds is 4. The van der Waals surface area contributed by atoms with Crippen molar-refractivity contribution in [3.05, 3.63) is 28.0 Å². The summed E-state index contributed by atoms with van der Waals surface area (Å²) in [5.74, 6) is 0.414. The first-order valence-electron chi connectivity index (χ1n) is 6.82. The van der Waals surface area contributed by atoms with Crippen LogP contribution in [0.3, 0.4) is 0 Å². The van der Waals surface area contributed by atoms with Crippen LogP contribution in [0.2, 0.25) is 10.3 Å². The van der Waals surface area contributed by atoms with Gasteiger partial charge in [0.25, 0.3) is 5.91 Å². The van der Waals surface area contributed by atoms with E-state index >= 15 is 0 Å². The summed E-state index contributed by atoms with van der Waals surface area (Å²) in [6.07, 6.45) is 4.39. The van der Waals surface area contributed by atoms with E-state index in [0.717, 1.165) is 25.7 Å². The van der Waals surface area contributed by atoms with Gasteiger partial charge in [0.1, 0.15) is 10.3 Å². The largest absolute Gasteiger partial charge is 0.396 e. The Morgan fingerprint density at radius 3 is 2.45 bits per heavy atom. The van der Waals surface area contributed by atoms with Crippen molar-refractivity contribution in [3.8, 4) is 0 Å². The van der Waals surface area contributed by atoms with E-state index in [1.54, 1.807) is 0 Å². The molecule has 0 aliphatic heterocycles. The molecule has 0 spiro atoms. The predicted octanol–water partition coefficient (Wildman–Crippen LogP) is 2.92. The van der Waals surface area contributed by atoms with E-state index in [2.05, 4.69) is 10.3 Å². The predicted molar refractivity (Wildman–Crippen MR) is 79.1 cm³/mol. The molecule has 110 valence electrons. The Kier molecular flexibility index (Phi) is 5.64. The highest BCUT2D eigenvalue weighted by atomic mass is 35.5. The second-order valence-corrected chi connectivity index (χ2v) is 5.97. The molecule has 1 aromatic rings. The zero-order chi connectivity index (χ0) is 14.5. The molecule has 1 fully saturated rings. The molecule has 1 saturated carbocycles. The summed E-state index contributed by atoms with van der Waals surface area (Å²) in [5.41, 5.74) is 0.409. The van der Waals surface area contributed by atoms with E-state index in [0.29, 0.717) is 18.0 Å². The smallest absolute Gasteiger partial charge is 0.251 e. The van der Waals surface area contributed by atoms with Crippen molar-refractivity contribution in [2.24, 2.45) is 11.8 Å². The number of aromatic nitrogens is 1. The van der Waals surface area contributed by atoms with E-state index in [1.807, 2.05) is 0 Å². The Balaban J connectivity index is 1.94. The van der Waals surface area contributed by atoms with E-state index in [9.17, 15) is 9.90 Å². The third-order valence-corrected chi connectivity index (χ3v) is 4.24. The maximum Gasteiger partial charge on any atom is 0.251 e. The molecule has 1 aliphatic carbocycles. The molecule has 0 aromatic carbocycles. The first-order chi connectivity index (χ1) is 9.60. The molecule has 4 nitrogen and oxygen atoms in total. The van der Waals surface area contributed by atoms with Gasteiger partial charge in [-0.2, -0.15) is 0 Å². The minimum Gasteiger partial charge on any atom is -0.396 e. The number of hydrogen-bond donors (Lipinski definition) is 2. The lowest BCUT2D eigenvalue weighted by Crippen LogP contribution is -2.35. The standard InChI is InChI=1S/C14H18Cl2N2O2/c15-12-5-11(6-13(16)18-12)14(20)17-7-9-3-1-2-4-10(9)8-19/h5-6,9-10,19H,1-4,7-8H2,(H,17,20). The van der Waals surface area contributed by atoms with Gasteiger partial charge in [-0.15, -0.1) is 0 Å². The highest BCUT2D eigenvalue weighted by molar-refractivity contribution is 6.33. The van der Waals surface area contributed by atoms with Crippen LogP contribution in [0.15, 0.2) is 12.1 Å². The lowest BCUT2D eigenvalue weighted by molar-refractivity contribution is 0.0909. The van der Waals surface area contributed by atoms with Crippen molar-refractivity contribution < 1.29 is 9.90 Å². The van der Waals surface area contributed by atoms with Crippen LogP contribution < -0.4 is 5.32 Å². The average Bonchev–Trinajstić information content (AvgIpc) is 2.44. The molecule has 2 unspecified atom stereocenters. The van der Waals surface area contributed by atoms with E-state index in [4.69, 9.17) is 23.2 Å². The molecule has 1 aromatic heterocycles. The van der Waals surface area contributed by atoms with Crippen molar-refractivity contribution >= 4 is 29.1 Å². The molecule has 0 bridgehead atoms. The molecule has 0 radical (unpaired) electrons. The maximum atomic E-state index is 12.1. The van der Waals surface area contributed by atoms with Crippen LogP contribution >= 0.6 is 23.2 Å². The Labute approximate surface area is 128 Å². The van der Waals surface area contributed by atoms with Crippen molar-refractivity contribution in [2.45, 2.75) is 25.7 Å². The third-order valence-electron chi connectivity index (χ3n) is 3.85.